The Morgan fingerprint density at radius 2 is 2.00 bits per heavy atom. The van der Waals surface area contributed by atoms with E-state index >= 15 is 0 Å². The van der Waals surface area contributed by atoms with Crippen LogP contribution in [0.1, 0.15) is 16.8 Å². The summed E-state index contributed by atoms with van der Waals surface area (Å²) in [6, 6.07) is 9.24. The average molecular weight is 218 g/mol. The van der Waals surface area contributed by atoms with Gasteiger partial charge in [0.1, 0.15) is 0 Å². The average Bonchev–Trinajstić information content (AvgIpc) is 2.34. The minimum atomic E-state index is -0.00989. The van der Waals surface area contributed by atoms with Gasteiger partial charge in [-0.25, -0.2) is 0 Å². The lowest BCUT2D eigenvalue weighted by molar-refractivity contribution is 0.0953. The summed E-state index contributed by atoms with van der Waals surface area (Å²) < 4.78 is 0. The van der Waals surface area contributed by atoms with Gasteiger partial charge in [0.05, 0.1) is 0 Å². The molecule has 0 spiro atoms. The van der Waals surface area contributed by atoms with Crippen LogP contribution in [0.15, 0.2) is 43.0 Å². The van der Waals surface area contributed by atoms with Gasteiger partial charge in [-0.3, -0.25) is 4.79 Å². The quantitative estimate of drug-likeness (QED) is 0.539. The van der Waals surface area contributed by atoms with Crippen LogP contribution in [0.5, 0.6) is 0 Å². The minimum absolute atomic E-state index is 0.00989. The van der Waals surface area contributed by atoms with E-state index in [9.17, 15) is 4.79 Å². The zero-order valence-corrected chi connectivity index (χ0v) is 9.41. The molecule has 0 heterocycles. The molecule has 0 aliphatic heterocycles. The highest BCUT2D eigenvalue weighted by atomic mass is 16.1. The van der Waals surface area contributed by atoms with Crippen molar-refractivity contribution in [3.05, 3.63) is 48.6 Å². The molecule has 0 saturated carbocycles. The van der Waals surface area contributed by atoms with Crippen molar-refractivity contribution >= 4 is 5.91 Å². The molecule has 16 heavy (non-hydrogen) atoms. The summed E-state index contributed by atoms with van der Waals surface area (Å²) in [4.78, 5) is 11.6. The predicted octanol–water partition coefficient (Wildman–Crippen LogP) is 1.58. The third-order valence-corrected chi connectivity index (χ3v) is 2.14. The molecule has 3 heteroatoms. The molecule has 0 saturated heterocycles. The van der Waals surface area contributed by atoms with E-state index in [0.29, 0.717) is 12.1 Å². The number of hydrogen-bond acceptors (Lipinski definition) is 2. The Hall–Kier alpha value is -1.61. The lowest BCUT2D eigenvalue weighted by Gasteiger charge is -2.05. The van der Waals surface area contributed by atoms with Gasteiger partial charge in [0.15, 0.2) is 0 Å². The van der Waals surface area contributed by atoms with Crippen molar-refractivity contribution in [2.24, 2.45) is 0 Å². The number of rotatable bonds is 7. The Morgan fingerprint density at radius 3 is 2.69 bits per heavy atom. The Morgan fingerprint density at radius 1 is 1.25 bits per heavy atom. The molecule has 0 aliphatic rings. The van der Waals surface area contributed by atoms with E-state index < -0.39 is 0 Å². The maximum Gasteiger partial charge on any atom is 0.251 e. The Labute approximate surface area is 96.6 Å². The topological polar surface area (TPSA) is 41.1 Å². The largest absolute Gasteiger partial charge is 0.352 e. The van der Waals surface area contributed by atoms with Crippen molar-refractivity contribution in [1.82, 2.24) is 10.6 Å². The Bertz CT molecular complexity index is 322. The lowest BCUT2D eigenvalue weighted by atomic mass is 10.2. The number of nitrogens with one attached hydrogen (secondary N) is 2. The number of hydrogen-bond donors (Lipinski definition) is 2. The molecular formula is C13H18N2O. The van der Waals surface area contributed by atoms with Gasteiger partial charge < -0.3 is 10.6 Å². The monoisotopic (exact) mass is 218 g/mol. The van der Waals surface area contributed by atoms with Crippen LogP contribution in [0, 0.1) is 0 Å². The Balaban J connectivity index is 2.14. The summed E-state index contributed by atoms with van der Waals surface area (Å²) in [5.74, 6) is -0.00989. The fourth-order valence-electron chi connectivity index (χ4n) is 1.31. The van der Waals surface area contributed by atoms with E-state index in [1.54, 1.807) is 0 Å². The summed E-state index contributed by atoms with van der Waals surface area (Å²) in [6.45, 7) is 6.01. The maximum atomic E-state index is 11.6. The molecular weight excluding hydrogens is 200 g/mol. The number of benzene rings is 1. The molecule has 2 N–H and O–H groups in total. The van der Waals surface area contributed by atoms with Crippen LogP contribution in [-0.4, -0.2) is 25.5 Å². The Kier molecular flexibility index (Phi) is 5.96. The molecule has 1 aromatic carbocycles. The van der Waals surface area contributed by atoms with Gasteiger partial charge in [-0.05, 0) is 25.1 Å². The van der Waals surface area contributed by atoms with Crippen LogP contribution in [0.3, 0.4) is 0 Å². The zero-order chi connectivity index (χ0) is 11.6. The lowest BCUT2D eigenvalue weighted by Crippen LogP contribution is -2.27. The molecule has 0 radical (unpaired) electrons. The van der Waals surface area contributed by atoms with Crippen molar-refractivity contribution < 1.29 is 4.79 Å². The van der Waals surface area contributed by atoms with Crippen molar-refractivity contribution in [2.75, 3.05) is 19.6 Å². The SMILES string of the molecule is C=CCNCCCNC(=O)c1ccccc1. The standard InChI is InChI=1S/C13H18N2O/c1-2-9-14-10-6-11-15-13(16)12-7-4-3-5-8-12/h2-5,7-8,14H,1,6,9-11H2,(H,15,16). The molecule has 1 aromatic rings. The number of amides is 1. The third kappa shape index (κ3) is 4.75. The second-order valence-corrected chi connectivity index (χ2v) is 3.47. The molecule has 0 unspecified atom stereocenters. The van der Waals surface area contributed by atoms with Crippen molar-refractivity contribution in [1.29, 1.82) is 0 Å². The van der Waals surface area contributed by atoms with Gasteiger partial charge in [-0.1, -0.05) is 24.3 Å². The van der Waals surface area contributed by atoms with E-state index in [4.69, 9.17) is 0 Å². The van der Waals surface area contributed by atoms with Crippen LogP contribution in [0.2, 0.25) is 0 Å². The first-order valence-corrected chi connectivity index (χ1v) is 5.49. The van der Waals surface area contributed by atoms with Gasteiger partial charge in [0.2, 0.25) is 0 Å². The van der Waals surface area contributed by atoms with Crippen LogP contribution >= 0.6 is 0 Å². The third-order valence-electron chi connectivity index (χ3n) is 2.14. The van der Waals surface area contributed by atoms with Crippen LogP contribution < -0.4 is 10.6 Å². The van der Waals surface area contributed by atoms with E-state index in [-0.39, 0.29) is 5.91 Å². The van der Waals surface area contributed by atoms with Crippen LogP contribution in [0.4, 0.5) is 0 Å². The summed E-state index contributed by atoms with van der Waals surface area (Å²) in [7, 11) is 0. The molecule has 0 aromatic heterocycles. The highest BCUT2D eigenvalue weighted by Crippen LogP contribution is 1.97. The molecule has 1 rings (SSSR count). The number of carbonyl (C=O) groups is 1. The first kappa shape index (κ1) is 12.5. The van der Waals surface area contributed by atoms with Gasteiger partial charge in [0.25, 0.3) is 5.91 Å². The summed E-state index contributed by atoms with van der Waals surface area (Å²) >= 11 is 0. The summed E-state index contributed by atoms with van der Waals surface area (Å²) in [5.41, 5.74) is 0.710. The highest BCUT2D eigenvalue weighted by molar-refractivity contribution is 5.94. The van der Waals surface area contributed by atoms with Gasteiger partial charge in [-0.2, -0.15) is 0 Å². The first-order chi connectivity index (χ1) is 7.84. The zero-order valence-electron chi connectivity index (χ0n) is 9.41. The maximum absolute atomic E-state index is 11.6. The van der Waals surface area contributed by atoms with E-state index in [1.165, 1.54) is 0 Å². The first-order valence-electron chi connectivity index (χ1n) is 5.49. The highest BCUT2D eigenvalue weighted by Gasteiger charge is 2.01. The van der Waals surface area contributed by atoms with E-state index in [1.807, 2.05) is 36.4 Å². The molecule has 0 aliphatic carbocycles. The van der Waals surface area contributed by atoms with Crippen LogP contribution in [0.25, 0.3) is 0 Å². The van der Waals surface area contributed by atoms with Gasteiger partial charge in [-0.15, -0.1) is 6.58 Å². The molecule has 86 valence electrons. The normalized spacial score (nSPS) is 9.75. The summed E-state index contributed by atoms with van der Waals surface area (Å²) in [6.07, 6.45) is 2.75. The number of carbonyl (C=O) groups excluding carboxylic acids is 1. The fourth-order valence-corrected chi connectivity index (χ4v) is 1.31. The molecule has 3 nitrogen and oxygen atoms in total. The van der Waals surface area contributed by atoms with E-state index in [2.05, 4.69) is 17.2 Å². The van der Waals surface area contributed by atoms with Crippen molar-refractivity contribution in [2.45, 2.75) is 6.42 Å². The van der Waals surface area contributed by atoms with Crippen molar-refractivity contribution in [3.63, 3.8) is 0 Å². The van der Waals surface area contributed by atoms with Crippen LogP contribution in [-0.2, 0) is 0 Å². The minimum Gasteiger partial charge on any atom is -0.352 e. The molecule has 0 fully saturated rings. The second kappa shape index (κ2) is 7.65. The summed E-state index contributed by atoms with van der Waals surface area (Å²) in [5, 5.41) is 6.05. The fraction of sp³-hybridized carbons (Fsp3) is 0.308. The predicted molar refractivity (Wildman–Crippen MR) is 66.5 cm³/mol. The second-order valence-electron chi connectivity index (χ2n) is 3.47. The van der Waals surface area contributed by atoms with Gasteiger partial charge in [0, 0.05) is 18.7 Å². The van der Waals surface area contributed by atoms with Gasteiger partial charge >= 0.3 is 0 Å². The molecule has 1 amide bonds. The van der Waals surface area contributed by atoms with Crippen molar-refractivity contribution in [3.8, 4) is 0 Å². The molecule has 0 bridgehead atoms. The molecule has 0 atom stereocenters. The van der Waals surface area contributed by atoms with E-state index in [0.717, 1.165) is 19.5 Å². The smallest absolute Gasteiger partial charge is 0.251 e.